The third kappa shape index (κ3) is 23.9. The minimum absolute atomic E-state index is 0. The molecule has 0 radical (unpaired) electrons. The number of alkyl halides is 1. The molecule has 2 nitrogen and oxygen atoms in total. The molecule has 2 N–H and O–H groups in total. The second-order valence-electron chi connectivity index (χ2n) is 6.31. The molecular formula is C21H40BrNO. The molecule has 0 bridgehead atoms. The molecule has 1 rings (SSSR count). The zero-order valence-corrected chi connectivity index (χ0v) is 17.4. The first-order valence-electron chi connectivity index (χ1n) is 9.82. The predicted molar refractivity (Wildman–Crippen MR) is 112 cm³/mol. The van der Waals surface area contributed by atoms with E-state index in [-0.39, 0.29) is 5.48 Å². The smallest absolute Gasteiger partial charge is 0.0267 e. The van der Waals surface area contributed by atoms with Crippen LogP contribution in [0.2, 0.25) is 0 Å². The lowest BCUT2D eigenvalue weighted by molar-refractivity contribution is 0.538. The molecule has 1 aromatic heterocycles. The SMILES string of the molecule is CCCCCCCCCCCCCCCCBr.O.c1ccncc1. The van der Waals surface area contributed by atoms with E-state index in [1.54, 1.807) is 12.4 Å². The van der Waals surface area contributed by atoms with Crippen molar-refractivity contribution in [3.63, 3.8) is 0 Å². The lowest BCUT2D eigenvalue weighted by Crippen LogP contribution is -1.83. The van der Waals surface area contributed by atoms with Gasteiger partial charge in [-0.3, -0.25) is 4.98 Å². The summed E-state index contributed by atoms with van der Waals surface area (Å²) in [7, 11) is 0. The Kier molecular flexibility index (Phi) is 26.7. The Morgan fingerprint density at radius 2 is 0.958 bits per heavy atom. The van der Waals surface area contributed by atoms with E-state index in [4.69, 9.17) is 0 Å². The van der Waals surface area contributed by atoms with Gasteiger partial charge in [-0.15, -0.1) is 0 Å². The Balaban J connectivity index is 0. The molecule has 1 heterocycles. The van der Waals surface area contributed by atoms with Crippen LogP contribution in [0.15, 0.2) is 30.6 Å². The van der Waals surface area contributed by atoms with Crippen LogP contribution >= 0.6 is 15.9 Å². The zero-order chi connectivity index (χ0) is 16.8. The van der Waals surface area contributed by atoms with Crippen molar-refractivity contribution in [3.8, 4) is 0 Å². The summed E-state index contributed by atoms with van der Waals surface area (Å²) >= 11 is 3.48. The van der Waals surface area contributed by atoms with E-state index in [9.17, 15) is 0 Å². The van der Waals surface area contributed by atoms with Crippen molar-refractivity contribution >= 4 is 15.9 Å². The van der Waals surface area contributed by atoms with Crippen LogP contribution in [0, 0.1) is 0 Å². The van der Waals surface area contributed by atoms with Crippen molar-refractivity contribution in [2.75, 3.05) is 5.33 Å². The summed E-state index contributed by atoms with van der Waals surface area (Å²) in [5.74, 6) is 0. The Morgan fingerprint density at radius 3 is 1.21 bits per heavy atom. The van der Waals surface area contributed by atoms with Crippen molar-refractivity contribution in [3.05, 3.63) is 30.6 Å². The van der Waals surface area contributed by atoms with Gasteiger partial charge in [0.1, 0.15) is 0 Å². The standard InChI is InChI=1S/C16H33Br.C5H5N.H2O/c1-2-3-4-5-6-7-8-9-10-11-12-13-14-15-16-17;1-2-4-6-5-3-1;/h2-16H2,1H3;1-5H;1H2. The van der Waals surface area contributed by atoms with Gasteiger partial charge in [-0.25, -0.2) is 0 Å². The van der Waals surface area contributed by atoms with Gasteiger partial charge >= 0.3 is 0 Å². The normalized spacial score (nSPS) is 9.75. The Labute approximate surface area is 159 Å². The lowest BCUT2D eigenvalue weighted by atomic mass is 10.0. The molecule has 0 unspecified atom stereocenters. The van der Waals surface area contributed by atoms with Gasteiger partial charge < -0.3 is 5.48 Å². The summed E-state index contributed by atoms with van der Waals surface area (Å²) in [6, 6.07) is 5.72. The molecule has 142 valence electrons. The number of halogens is 1. The summed E-state index contributed by atoms with van der Waals surface area (Å²) < 4.78 is 0. The zero-order valence-electron chi connectivity index (χ0n) is 15.8. The van der Waals surface area contributed by atoms with Crippen molar-refractivity contribution < 1.29 is 5.48 Å². The van der Waals surface area contributed by atoms with Crippen LogP contribution in [0.5, 0.6) is 0 Å². The summed E-state index contributed by atoms with van der Waals surface area (Å²) in [5, 5.41) is 1.19. The van der Waals surface area contributed by atoms with Gasteiger partial charge in [0.2, 0.25) is 0 Å². The van der Waals surface area contributed by atoms with Gasteiger partial charge in [0.25, 0.3) is 0 Å². The Morgan fingerprint density at radius 1 is 0.583 bits per heavy atom. The fraction of sp³-hybridized carbons (Fsp3) is 0.762. The molecule has 1 aromatic rings. The fourth-order valence-electron chi connectivity index (χ4n) is 2.60. The second kappa shape index (κ2) is 24.8. The number of hydrogen-bond donors (Lipinski definition) is 0. The van der Waals surface area contributed by atoms with E-state index < -0.39 is 0 Å². The summed E-state index contributed by atoms with van der Waals surface area (Å²) in [4.78, 5) is 3.78. The summed E-state index contributed by atoms with van der Waals surface area (Å²) in [5.41, 5.74) is 0. The Hall–Kier alpha value is -0.410. The van der Waals surface area contributed by atoms with Crippen LogP contribution in [-0.4, -0.2) is 15.8 Å². The van der Waals surface area contributed by atoms with Crippen LogP contribution in [0.3, 0.4) is 0 Å². The fourth-order valence-corrected chi connectivity index (χ4v) is 3.00. The highest BCUT2D eigenvalue weighted by atomic mass is 79.9. The van der Waals surface area contributed by atoms with Gasteiger partial charge in [-0.05, 0) is 18.6 Å². The van der Waals surface area contributed by atoms with E-state index in [1.165, 1.54) is 95.2 Å². The molecule has 0 saturated carbocycles. The molecule has 3 heteroatoms. The monoisotopic (exact) mass is 401 g/mol. The first-order chi connectivity index (χ1) is 11.4. The maximum atomic E-state index is 3.78. The van der Waals surface area contributed by atoms with Crippen molar-refractivity contribution in [2.24, 2.45) is 0 Å². The molecule has 24 heavy (non-hydrogen) atoms. The number of unbranched alkanes of at least 4 members (excludes halogenated alkanes) is 13. The highest BCUT2D eigenvalue weighted by Gasteiger charge is 1.93. The van der Waals surface area contributed by atoms with Crippen molar-refractivity contribution in [1.82, 2.24) is 4.98 Å². The topological polar surface area (TPSA) is 44.4 Å². The van der Waals surface area contributed by atoms with Gasteiger partial charge in [-0.1, -0.05) is 112 Å². The number of nitrogens with zero attached hydrogens (tertiary/aromatic N) is 1. The summed E-state index contributed by atoms with van der Waals surface area (Å²) in [6.07, 6.45) is 23.8. The lowest BCUT2D eigenvalue weighted by Gasteiger charge is -2.02. The van der Waals surface area contributed by atoms with Crippen LogP contribution in [0.1, 0.15) is 96.8 Å². The Bertz CT molecular complexity index is 254. The quantitative estimate of drug-likeness (QED) is 0.241. The minimum Gasteiger partial charge on any atom is -0.412 e. The number of rotatable bonds is 14. The van der Waals surface area contributed by atoms with E-state index in [2.05, 4.69) is 27.8 Å². The molecule has 0 fully saturated rings. The minimum atomic E-state index is 0. The molecule has 0 saturated heterocycles. The van der Waals surface area contributed by atoms with Gasteiger partial charge in [0, 0.05) is 17.7 Å². The highest BCUT2D eigenvalue weighted by molar-refractivity contribution is 9.09. The largest absolute Gasteiger partial charge is 0.412 e. The molecule has 0 amide bonds. The maximum Gasteiger partial charge on any atom is 0.0267 e. The predicted octanol–water partition coefficient (Wildman–Crippen LogP) is 7.12. The van der Waals surface area contributed by atoms with Crippen LogP contribution < -0.4 is 0 Å². The van der Waals surface area contributed by atoms with Crippen LogP contribution in [0.4, 0.5) is 0 Å². The summed E-state index contributed by atoms with van der Waals surface area (Å²) in [6.45, 7) is 2.29. The number of pyridine rings is 1. The molecule has 0 spiro atoms. The van der Waals surface area contributed by atoms with E-state index >= 15 is 0 Å². The molecule has 0 aliphatic heterocycles. The third-order valence-electron chi connectivity index (χ3n) is 4.05. The second-order valence-corrected chi connectivity index (χ2v) is 7.10. The highest BCUT2D eigenvalue weighted by Crippen LogP contribution is 2.12. The first kappa shape index (κ1) is 25.8. The molecular weight excluding hydrogens is 362 g/mol. The van der Waals surface area contributed by atoms with E-state index in [1.807, 2.05) is 18.2 Å². The van der Waals surface area contributed by atoms with Gasteiger partial charge in [-0.2, -0.15) is 0 Å². The van der Waals surface area contributed by atoms with E-state index in [0.29, 0.717) is 0 Å². The maximum absolute atomic E-state index is 3.78. The van der Waals surface area contributed by atoms with Crippen molar-refractivity contribution in [1.29, 1.82) is 0 Å². The van der Waals surface area contributed by atoms with Crippen molar-refractivity contribution in [2.45, 2.75) is 96.8 Å². The molecule has 0 aliphatic carbocycles. The molecule has 0 aliphatic rings. The first-order valence-corrected chi connectivity index (χ1v) is 10.9. The average Bonchev–Trinajstić information content (AvgIpc) is 2.61. The van der Waals surface area contributed by atoms with Gasteiger partial charge in [0.05, 0.1) is 0 Å². The molecule has 0 atom stereocenters. The number of hydrogen-bond acceptors (Lipinski definition) is 1. The van der Waals surface area contributed by atoms with Gasteiger partial charge in [0.15, 0.2) is 0 Å². The van der Waals surface area contributed by atoms with Crippen LogP contribution in [0.25, 0.3) is 0 Å². The average molecular weight is 402 g/mol. The van der Waals surface area contributed by atoms with E-state index in [0.717, 1.165) is 0 Å². The molecule has 0 aromatic carbocycles. The number of aromatic nitrogens is 1. The third-order valence-corrected chi connectivity index (χ3v) is 4.61. The van der Waals surface area contributed by atoms with Crippen LogP contribution in [-0.2, 0) is 0 Å².